The van der Waals surface area contributed by atoms with Gasteiger partial charge in [-0.1, -0.05) is 36.5 Å². The average Bonchev–Trinajstić information content (AvgIpc) is 2.15. The van der Waals surface area contributed by atoms with Gasteiger partial charge in [0.2, 0.25) is 0 Å². The van der Waals surface area contributed by atoms with Gasteiger partial charge in [0.1, 0.15) is 0 Å². The van der Waals surface area contributed by atoms with Crippen LogP contribution in [0.5, 0.6) is 0 Å². The van der Waals surface area contributed by atoms with Gasteiger partial charge in [0.25, 0.3) is 0 Å². The predicted molar refractivity (Wildman–Crippen MR) is 34.4 cm³/mol. The van der Waals surface area contributed by atoms with Crippen LogP contribution in [0.4, 0.5) is 0 Å². The van der Waals surface area contributed by atoms with Crippen molar-refractivity contribution in [3.8, 4) is 0 Å². The minimum Gasteiger partial charge on any atom is -0.0610 e. The van der Waals surface area contributed by atoms with E-state index in [1.165, 1.54) is 11.1 Å². The molecule has 0 atom stereocenters. The van der Waals surface area contributed by atoms with Gasteiger partial charge in [-0.25, -0.2) is 0 Å². The van der Waals surface area contributed by atoms with E-state index in [9.17, 15) is 0 Å². The van der Waals surface area contributed by atoms with Gasteiger partial charge in [-0.15, -0.1) is 0 Å². The fourth-order valence-corrected chi connectivity index (χ4v) is 1.01. The van der Waals surface area contributed by atoms with Gasteiger partial charge in [-0.3, -0.25) is 0 Å². The molecule has 47 valence electrons. The van der Waals surface area contributed by atoms with Gasteiger partial charge in [0.05, 0.1) is 0 Å². The SMILES string of the molecule is C1=CC2=CC=CC2=C1.[Ir]. The first-order valence-corrected chi connectivity index (χ1v) is 2.74. The van der Waals surface area contributed by atoms with E-state index in [1.54, 1.807) is 0 Å². The van der Waals surface area contributed by atoms with Crippen molar-refractivity contribution in [1.82, 2.24) is 0 Å². The molecule has 1 heteroatoms. The first-order chi connectivity index (χ1) is 3.97. The molecule has 0 nitrogen and oxygen atoms in total. The summed E-state index contributed by atoms with van der Waals surface area (Å²) in [6.45, 7) is 0. The van der Waals surface area contributed by atoms with Gasteiger partial charge in [0.15, 0.2) is 0 Å². The maximum Gasteiger partial charge on any atom is 0 e. The van der Waals surface area contributed by atoms with Crippen molar-refractivity contribution in [2.75, 3.05) is 0 Å². The summed E-state index contributed by atoms with van der Waals surface area (Å²) in [7, 11) is 0. The van der Waals surface area contributed by atoms with Crippen molar-refractivity contribution >= 4 is 0 Å². The second-order valence-corrected chi connectivity index (χ2v) is 1.96. The zero-order chi connectivity index (χ0) is 5.40. The average molecular weight is 294 g/mol. The van der Waals surface area contributed by atoms with Crippen LogP contribution in [0.3, 0.4) is 0 Å². The molecule has 0 bridgehead atoms. The molecule has 0 saturated carbocycles. The summed E-state index contributed by atoms with van der Waals surface area (Å²) < 4.78 is 0. The summed E-state index contributed by atoms with van der Waals surface area (Å²) in [5.41, 5.74) is 2.70. The molecule has 2 aliphatic rings. The first-order valence-electron chi connectivity index (χ1n) is 2.74. The van der Waals surface area contributed by atoms with Gasteiger partial charge in [-0.05, 0) is 11.1 Å². The van der Waals surface area contributed by atoms with Crippen molar-refractivity contribution in [3.05, 3.63) is 47.6 Å². The number of fused-ring (bicyclic) bond motifs is 1. The Balaban J connectivity index is 0.000000405. The number of hydrogen-bond donors (Lipinski definition) is 0. The van der Waals surface area contributed by atoms with Crippen LogP contribution in [0.25, 0.3) is 0 Å². The van der Waals surface area contributed by atoms with Crippen LogP contribution in [0.2, 0.25) is 0 Å². The molecule has 0 aliphatic heterocycles. The van der Waals surface area contributed by atoms with E-state index < -0.39 is 0 Å². The van der Waals surface area contributed by atoms with E-state index in [4.69, 9.17) is 0 Å². The van der Waals surface area contributed by atoms with Crippen LogP contribution in [-0.2, 0) is 20.1 Å². The van der Waals surface area contributed by atoms with Crippen LogP contribution < -0.4 is 0 Å². The molecule has 0 spiro atoms. The van der Waals surface area contributed by atoms with Gasteiger partial charge < -0.3 is 0 Å². The molecule has 0 fully saturated rings. The summed E-state index contributed by atoms with van der Waals surface area (Å²) in [6.07, 6.45) is 12.6. The third-order valence-electron chi connectivity index (χ3n) is 1.44. The molecular formula is C8H6Ir. The third kappa shape index (κ3) is 0.983. The molecular weight excluding hydrogens is 288 g/mol. The molecule has 0 aromatic rings. The monoisotopic (exact) mass is 295 g/mol. The standard InChI is InChI=1S/C8H6.Ir/c1-3-7-5-2-6-8(7)4-1;/h1-6H;. The van der Waals surface area contributed by atoms with E-state index in [1.807, 2.05) is 0 Å². The molecule has 0 unspecified atom stereocenters. The van der Waals surface area contributed by atoms with Crippen LogP contribution in [-0.4, -0.2) is 0 Å². The zero-order valence-electron chi connectivity index (χ0n) is 4.80. The second-order valence-electron chi connectivity index (χ2n) is 1.96. The smallest absolute Gasteiger partial charge is 0 e. The van der Waals surface area contributed by atoms with Crippen molar-refractivity contribution in [3.63, 3.8) is 0 Å². The van der Waals surface area contributed by atoms with Crippen LogP contribution in [0, 0.1) is 0 Å². The molecule has 0 aromatic carbocycles. The molecule has 0 N–H and O–H groups in total. The van der Waals surface area contributed by atoms with Crippen molar-refractivity contribution in [2.24, 2.45) is 0 Å². The Morgan fingerprint density at radius 1 is 0.778 bits per heavy atom. The minimum atomic E-state index is 0. The third-order valence-corrected chi connectivity index (χ3v) is 1.44. The molecule has 0 heterocycles. The Bertz CT molecular complexity index is 203. The van der Waals surface area contributed by atoms with E-state index in [0.717, 1.165) is 0 Å². The molecule has 1 radical (unpaired) electrons. The Morgan fingerprint density at radius 2 is 1.22 bits per heavy atom. The van der Waals surface area contributed by atoms with Crippen LogP contribution >= 0.6 is 0 Å². The quantitative estimate of drug-likeness (QED) is 0.641. The van der Waals surface area contributed by atoms with Crippen LogP contribution in [0.1, 0.15) is 0 Å². The number of hydrogen-bond acceptors (Lipinski definition) is 0. The predicted octanol–water partition coefficient (Wildman–Crippen LogP) is 1.98. The van der Waals surface area contributed by atoms with E-state index in [0.29, 0.717) is 0 Å². The van der Waals surface area contributed by atoms with Crippen molar-refractivity contribution in [2.45, 2.75) is 0 Å². The largest absolute Gasteiger partial charge is 0.0610 e. The summed E-state index contributed by atoms with van der Waals surface area (Å²) in [6, 6.07) is 0. The zero-order valence-corrected chi connectivity index (χ0v) is 7.19. The Morgan fingerprint density at radius 3 is 1.67 bits per heavy atom. The van der Waals surface area contributed by atoms with Crippen LogP contribution in [0.15, 0.2) is 47.6 Å². The van der Waals surface area contributed by atoms with E-state index in [-0.39, 0.29) is 20.1 Å². The molecule has 9 heavy (non-hydrogen) atoms. The fourth-order valence-electron chi connectivity index (χ4n) is 1.01. The summed E-state index contributed by atoms with van der Waals surface area (Å²) in [4.78, 5) is 0. The normalized spacial score (nSPS) is 18.7. The Labute approximate surface area is 68.0 Å². The summed E-state index contributed by atoms with van der Waals surface area (Å²) in [5, 5.41) is 0. The number of rotatable bonds is 0. The molecule has 0 aromatic heterocycles. The van der Waals surface area contributed by atoms with E-state index in [2.05, 4.69) is 36.5 Å². The second kappa shape index (κ2) is 2.47. The summed E-state index contributed by atoms with van der Waals surface area (Å²) in [5.74, 6) is 0. The maximum atomic E-state index is 2.12. The number of allylic oxidation sites excluding steroid dienone is 8. The van der Waals surface area contributed by atoms with Gasteiger partial charge >= 0.3 is 0 Å². The minimum absolute atomic E-state index is 0. The van der Waals surface area contributed by atoms with Gasteiger partial charge in [-0.2, -0.15) is 0 Å². The Hall–Kier alpha value is -0.391. The molecule has 2 aliphatic carbocycles. The molecule has 0 saturated heterocycles. The topological polar surface area (TPSA) is 0 Å². The van der Waals surface area contributed by atoms with Gasteiger partial charge in [0, 0.05) is 20.1 Å². The molecule has 0 amide bonds. The first kappa shape index (κ1) is 6.73. The fraction of sp³-hybridized carbons (Fsp3) is 0. The molecule has 2 rings (SSSR count). The maximum absolute atomic E-state index is 2.12. The summed E-state index contributed by atoms with van der Waals surface area (Å²) >= 11 is 0. The Kier molecular flexibility index (Phi) is 1.84. The van der Waals surface area contributed by atoms with Crippen molar-refractivity contribution < 1.29 is 20.1 Å². The van der Waals surface area contributed by atoms with E-state index >= 15 is 0 Å². The van der Waals surface area contributed by atoms with Crippen molar-refractivity contribution in [1.29, 1.82) is 0 Å².